The van der Waals surface area contributed by atoms with E-state index in [0.29, 0.717) is 29.6 Å². The van der Waals surface area contributed by atoms with Crippen molar-refractivity contribution in [3.63, 3.8) is 0 Å². The molecular weight excluding hydrogens is 286 g/mol. The third-order valence-corrected chi connectivity index (χ3v) is 8.44. The van der Waals surface area contributed by atoms with Crippen molar-refractivity contribution >= 4 is 11.7 Å². The Morgan fingerprint density at radius 2 is 1.87 bits per heavy atom. The second-order valence-corrected chi connectivity index (χ2v) is 9.25. The SMILES string of the molecule is CCC1C[C@@]2(C)[C@@H](CC[C@@H]3[C@@H]2CC[C@]2(C)C(=O)CC[C@@H]32)NC1=O. The van der Waals surface area contributed by atoms with Gasteiger partial charge in [-0.2, -0.15) is 0 Å². The maximum Gasteiger partial charge on any atom is 0.223 e. The Morgan fingerprint density at radius 3 is 2.61 bits per heavy atom. The summed E-state index contributed by atoms with van der Waals surface area (Å²) in [6.07, 6.45) is 8.49. The lowest BCUT2D eigenvalue weighted by Crippen LogP contribution is -2.63. The molecule has 3 heteroatoms. The number of carbonyl (C=O) groups excluding carboxylic acids is 2. The highest BCUT2D eigenvalue weighted by Gasteiger charge is 2.61. The summed E-state index contributed by atoms with van der Waals surface area (Å²) < 4.78 is 0. The normalized spacial score (nSPS) is 52.4. The molecule has 4 rings (SSSR count). The van der Waals surface area contributed by atoms with Crippen LogP contribution in [0.1, 0.15) is 72.1 Å². The standard InChI is InChI=1S/C20H31NO2/c1-4-12-11-20(3)15-9-10-19(2)14(6-8-17(19)22)13(15)5-7-16(20)21-18(12)23/h12-16H,4-11H2,1-3H3,(H,21,23)/t12?,13-,14-,15-,16+,19-,20+/m0/s1. The van der Waals surface area contributed by atoms with E-state index in [2.05, 4.69) is 26.1 Å². The predicted molar refractivity (Wildman–Crippen MR) is 89.7 cm³/mol. The number of amides is 1. The van der Waals surface area contributed by atoms with Crippen molar-refractivity contribution in [3.05, 3.63) is 0 Å². The van der Waals surface area contributed by atoms with Crippen LogP contribution in [0.5, 0.6) is 0 Å². The summed E-state index contributed by atoms with van der Waals surface area (Å²) in [5.41, 5.74) is 0.205. The predicted octanol–water partition coefficient (Wildman–Crippen LogP) is 3.71. The topological polar surface area (TPSA) is 46.2 Å². The molecule has 23 heavy (non-hydrogen) atoms. The average Bonchev–Trinajstić information content (AvgIpc) is 2.83. The van der Waals surface area contributed by atoms with Crippen molar-refractivity contribution in [1.82, 2.24) is 5.32 Å². The molecule has 4 fully saturated rings. The summed E-state index contributed by atoms with van der Waals surface area (Å²) in [5.74, 6) is 2.99. The maximum atomic E-state index is 12.5. The Balaban J connectivity index is 1.65. The first kappa shape index (κ1) is 15.7. The Morgan fingerprint density at radius 1 is 1.09 bits per heavy atom. The van der Waals surface area contributed by atoms with Gasteiger partial charge in [0.2, 0.25) is 5.91 Å². The van der Waals surface area contributed by atoms with Crippen LogP contribution in [-0.2, 0) is 9.59 Å². The van der Waals surface area contributed by atoms with Crippen LogP contribution in [0, 0.1) is 34.5 Å². The highest BCUT2D eigenvalue weighted by Crippen LogP contribution is 2.63. The molecule has 0 aromatic rings. The third kappa shape index (κ3) is 2.01. The van der Waals surface area contributed by atoms with E-state index in [0.717, 1.165) is 38.5 Å². The first-order valence-corrected chi connectivity index (χ1v) is 9.74. The lowest BCUT2D eigenvalue weighted by molar-refractivity contribution is -0.146. The number of fused-ring (bicyclic) bond motifs is 5. The van der Waals surface area contributed by atoms with Crippen molar-refractivity contribution in [2.24, 2.45) is 34.5 Å². The Labute approximate surface area is 140 Å². The molecule has 1 heterocycles. The molecule has 3 nitrogen and oxygen atoms in total. The zero-order valence-electron chi connectivity index (χ0n) is 14.9. The van der Waals surface area contributed by atoms with Crippen LogP contribution in [0.2, 0.25) is 0 Å². The number of Topliss-reactive ketones (excluding diaryl/α,β-unsaturated/α-hetero) is 1. The van der Waals surface area contributed by atoms with Gasteiger partial charge in [0.25, 0.3) is 0 Å². The highest BCUT2D eigenvalue weighted by atomic mass is 16.2. The third-order valence-electron chi connectivity index (χ3n) is 8.44. The van der Waals surface area contributed by atoms with E-state index in [-0.39, 0.29) is 22.7 Å². The molecule has 1 unspecified atom stereocenters. The number of piperidine rings is 1. The van der Waals surface area contributed by atoms with Gasteiger partial charge in [-0.05, 0) is 68.1 Å². The van der Waals surface area contributed by atoms with Gasteiger partial charge in [-0.1, -0.05) is 20.8 Å². The van der Waals surface area contributed by atoms with Crippen LogP contribution >= 0.6 is 0 Å². The fourth-order valence-electron chi connectivity index (χ4n) is 7.00. The molecule has 7 atom stereocenters. The highest BCUT2D eigenvalue weighted by molar-refractivity contribution is 5.87. The molecule has 128 valence electrons. The van der Waals surface area contributed by atoms with Crippen LogP contribution in [0.4, 0.5) is 0 Å². The van der Waals surface area contributed by atoms with E-state index in [1.54, 1.807) is 0 Å². The molecule has 0 bridgehead atoms. The van der Waals surface area contributed by atoms with E-state index in [9.17, 15) is 9.59 Å². The maximum absolute atomic E-state index is 12.5. The number of hydrogen-bond acceptors (Lipinski definition) is 2. The van der Waals surface area contributed by atoms with Crippen molar-refractivity contribution < 1.29 is 9.59 Å². The smallest absolute Gasteiger partial charge is 0.223 e. The van der Waals surface area contributed by atoms with Crippen LogP contribution in [0.25, 0.3) is 0 Å². The minimum absolute atomic E-state index is 0.0353. The summed E-state index contributed by atoms with van der Waals surface area (Å²) in [5, 5.41) is 3.36. The first-order valence-electron chi connectivity index (χ1n) is 9.74. The van der Waals surface area contributed by atoms with E-state index >= 15 is 0 Å². The fourth-order valence-corrected chi connectivity index (χ4v) is 7.00. The molecule has 0 radical (unpaired) electrons. The molecule has 1 saturated heterocycles. The van der Waals surface area contributed by atoms with Gasteiger partial charge < -0.3 is 5.32 Å². The lowest BCUT2D eigenvalue weighted by Gasteiger charge is -2.60. The van der Waals surface area contributed by atoms with E-state index < -0.39 is 0 Å². The van der Waals surface area contributed by atoms with Gasteiger partial charge in [-0.25, -0.2) is 0 Å². The monoisotopic (exact) mass is 317 g/mol. The number of carbonyl (C=O) groups is 2. The summed E-state index contributed by atoms with van der Waals surface area (Å²) in [6, 6.07) is 0.362. The molecule has 4 aliphatic rings. The molecule has 0 aromatic carbocycles. The minimum Gasteiger partial charge on any atom is -0.353 e. The summed E-state index contributed by atoms with van der Waals surface area (Å²) in [4.78, 5) is 24.8. The molecule has 3 saturated carbocycles. The molecule has 1 aliphatic heterocycles. The fraction of sp³-hybridized carbons (Fsp3) is 0.900. The van der Waals surface area contributed by atoms with Crippen LogP contribution in [-0.4, -0.2) is 17.7 Å². The van der Waals surface area contributed by atoms with Gasteiger partial charge >= 0.3 is 0 Å². The Kier molecular flexibility index (Phi) is 3.45. The van der Waals surface area contributed by atoms with Gasteiger partial charge in [0.15, 0.2) is 0 Å². The molecular formula is C20H31NO2. The minimum atomic E-state index is -0.0353. The molecule has 3 aliphatic carbocycles. The first-order chi connectivity index (χ1) is 10.9. The molecule has 1 amide bonds. The Bertz CT molecular complexity index is 544. The van der Waals surface area contributed by atoms with Gasteiger partial charge in [-0.15, -0.1) is 0 Å². The van der Waals surface area contributed by atoms with Crippen molar-refractivity contribution in [2.75, 3.05) is 0 Å². The Hall–Kier alpha value is -0.860. The molecule has 0 spiro atoms. The average molecular weight is 317 g/mol. The number of hydrogen-bond donors (Lipinski definition) is 1. The van der Waals surface area contributed by atoms with Gasteiger partial charge in [0.1, 0.15) is 5.78 Å². The van der Waals surface area contributed by atoms with Gasteiger partial charge in [0.05, 0.1) is 0 Å². The van der Waals surface area contributed by atoms with Gasteiger partial charge in [0, 0.05) is 23.8 Å². The largest absolute Gasteiger partial charge is 0.353 e. The number of nitrogens with one attached hydrogen (secondary N) is 1. The number of rotatable bonds is 1. The van der Waals surface area contributed by atoms with E-state index in [1.807, 2.05) is 0 Å². The van der Waals surface area contributed by atoms with Crippen LogP contribution < -0.4 is 5.32 Å². The summed E-state index contributed by atoms with van der Waals surface area (Å²) >= 11 is 0. The summed E-state index contributed by atoms with van der Waals surface area (Å²) in [6.45, 7) is 6.83. The van der Waals surface area contributed by atoms with Crippen LogP contribution in [0.3, 0.4) is 0 Å². The zero-order valence-corrected chi connectivity index (χ0v) is 14.9. The van der Waals surface area contributed by atoms with Crippen LogP contribution in [0.15, 0.2) is 0 Å². The number of ketones is 1. The summed E-state index contributed by atoms with van der Waals surface area (Å²) in [7, 11) is 0. The van der Waals surface area contributed by atoms with Crippen molar-refractivity contribution in [3.8, 4) is 0 Å². The molecule has 1 N–H and O–H groups in total. The van der Waals surface area contributed by atoms with Gasteiger partial charge in [-0.3, -0.25) is 9.59 Å². The van der Waals surface area contributed by atoms with E-state index in [1.165, 1.54) is 12.8 Å². The molecule has 0 aromatic heterocycles. The second kappa shape index (κ2) is 5.07. The van der Waals surface area contributed by atoms with Crippen molar-refractivity contribution in [1.29, 1.82) is 0 Å². The van der Waals surface area contributed by atoms with Crippen molar-refractivity contribution in [2.45, 2.75) is 78.2 Å². The van der Waals surface area contributed by atoms with E-state index in [4.69, 9.17) is 0 Å². The second-order valence-electron chi connectivity index (χ2n) is 9.25. The lowest BCUT2D eigenvalue weighted by atomic mass is 9.47. The zero-order chi connectivity index (χ0) is 16.4. The quantitative estimate of drug-likeness (QED) is 0.801.